The predicted octanol–water partition coefficient (Wildman–Crippen LogP) is 2.97. The highest BCUT2D eigenvalue weighted by atomic mass is 32.2. The van der Waals surface area contributed by atoms with Gasteiger partial charge in [0.25, 0.3) is 0 Å². The number of hydrogen-bond donors (Lipinski definition) is 0. The van der Waals surface area contributed by atoms with Crippen LogP contribution in [0.2, 0.25) is 0 Å². The summed E-state index contributed by atoms with van der Waals surface area (Å²) < 4.78 is 30.3. The maximum Gasteiger partial charge on any atom is 0.175 e. The highest BCUT2D eigenvalue weighted by Crippen LogP contribution is 2.18. The van der Waals surface area contributed by atoms with Crippen LogP contribution in [0.25, 0.3) is 0 Å². The number of carbonyl (C=O) groups excluding carboxylic acids is 1. The Morgan fingerprint density at radius 3 is 2.52 bits per heavy atom. The lowest BCUT2D eigenvalue weighted by Crippen LogP contribution is -2.12. The van der Waals surface area contributed by atoms with Crippen LogP contribution in [-0.4, -0.2) is 22.9 Å². The topological polar surface area (TPSA) is 43.4 Å². The Hall–Kier alpha value is -2.01. The van der Waals surface area contributed by atoms with Gasteiger partial charge in [-0.3, -0.25) is 9.00 Å². The van der Waals surface area contributed by atoms with E-state index in [1.807, 2.05) is 30.3 Å². The first-order chi connectivity index (χ1) is 10.1. The van der Waals surface area contributed by atoms with Crippen LogP contribution in [-0.2, 0) is 16.6 Å². The molecule has 0 fully saturated rings. The molecule has 0 radical (unpaired) electrons. The SMILES string of the molecule is COc1ccc(C(=O)CS(=O)Cc2ccccc2)cc1F. The summed E-state index contributed by atoms with van der Waals surface area (Å²) in [6.45, 7) is 0. The van der Waals surface area contributed by atoms with Crippen LogP contribution in [0, 0.1) is 5.82 Å². The maximum atomic E-state index is 13.5. The summed E-state index contributed by atoms with van der Waals surface area (Å²) in [6, 6.07) is 13.3. The molecular formula is C16H15FO3S. The van der Waals surface area contributed by atoms with Crippen molar-refractivity contribution in [3.8, 4) is 5.75 Å². The van der Waals surface area contributed by atoms with Gasteiger partial charge in [-0.1, -0.05) is 30.3 Å². The van der Waals surface area contributed by atoms with E-state index in [1.54, 1.807) is 0 Å². The number of carbonyl (C=O) groups is 1. The Balaban J connectivity index is 2.01. The number of halogens is 1. The molecule has 1 atom stereocenters. The quantitative estimate of drug-likeness (QED) is 0.771. The summed E-state index contributed by atoms with van der Waals surface area (Å²) >= 11 is 0. The van der Waals surface area contributed by atoms with Crippen LogP contribution < -0.4 is 4.74 Å². The normalized spacial score (nSPS) is 11.9. The largest absolute Gasteiger partial charge is 0.494 e. The number of benzene rings is 2. The van der Waals surface area contributed by atoms with Crippen molar-refractivity contribution in [2.24, 2.45) is 0 Å². The summed E-state index contributed by atoms with van der Waals surface area (Å²) in [6.07, 6.45) is 0. The lowest BCUT2D eigenvalue weighted by Gasteiger charge is -2.05. The van der Waals surface area contributed by atoms with Crippen molar-refractivity contribution < 1.29 is 18.1 Å². The minimum atomic E-state index is -1.32. The smallest absolute Gasteiger partial charge is 0.175 e. The predicted molar refractivity (Wildman–Crippen MR) is 80.4 cm³/mol. The number of ketones is 1. The van der Waals surface area contributed by atoms with Gasteiger partial charge in [-0.15, -0.1) is 0 Å². The van der Waals surface area contributed by atoms with E-state index in [0.717, 1.165) is 11.6 Å². The van der Waals surface area contributed by atoms with Gasteiger partial charge in [0.15, 0.2) is 17.3 Å². The highest BCUT2D eigenvalue weighted by Gasteiger charge is 2.13. The monoisotopic (exact) mass is 306 g/mol. The third-order valence-corrected chi connectivity index (χ3v) is 4.18. The van der Waals surface area contributed by atoms with Crippen LogP contribution in [0.1, 0.15) is 15.9 Å². The molecule has 0 aliphatic heterocycles. The van der Waals surface area contributed by atoms with Crippen LogP contribution in [0.3, 0.4) is 0 Å². The van der Waals surface area contributed by atoms with E-state index >= 15 is 0 Å². The van der Waals surface area contributed by atoms with E-state index in [9.17, 15) is 13.4 Å². The fraction of sp³-hybridized carbons (Fsp3) is 0.188. The molecule has 2 aromatic carbocycles. The van der Waals surface area contributed by atoms with E-state index in [2.05, 4.69) is 0 Å². The van der Waals surface area contributed by atoms with Crippen LogP contribution in [0.15, 0.2) is 48.5 Å². The minimum absolute atomic E-state index is 0.0805. The van der Waals surface area contributed by atoms with Crippen molar-refractivity contribution in [3.63, 3.8) is 0 Å². The molecule has 0 saturated heterocycles. The van der Waals surface area contributed by atoms with Gasteiger partial charge in [0.2, 0.25) is 0 Å². The van der Waals surface area contributed by atoms with Crippen molar-refractivity contribution in [1.82, 2.24) is 0 Å². The third kappa shape index (κ3) is 4.23. The second-order valence-corrected chi connectivity index (χ2v) is 5.94. The molecule has 2 rings (SSSR count). The second kappa shape index (κ2) is 7.13. The molecule has 0 aliphatic rings. The molecule has 0 aliphatic carbocycles. The maximum absolute atomic E-state index is 13.5. The number of rotatable bonds is 6. The molecule has 110 valence electrons. The molecule has 0 bridgehead atoms. The summed E-state index contributed by atoms with van der Waals surface area (Å²) in [5.74, 6) is -0.675. The van der Waals surface area contributed by atoms with E-state index < -0.39 is 16.6 Å². The fourth-order valence-corrected chi connectivity index (χ4v) is 3.01. The van der Waals surface area contributed by atoms with Gasteiger partial charge in [0.1, 0.15) is 0 Å². The molecule has 0 N–H and O–H groups in total. The average molecular weight is 306 g/mol. The minimum Gasteiger partial charge on any atom is -0.494 e. The van der Waals surface area contributed by atoms with Gasteiger partial charge >= 0.3 is 0 Å². The average Bonchev–Trinajstić information content (AvgIpc) is 2.48. The lowest BCUT2D eigenvalue weighted by atomic mass is 10.1. The van der Waals surface area contributed by atoms with E-state index in [1.165, 1.54) is 19.2 Å². The summed E-state index contributed by atoms with van der Waals surface area (Å²) in [7, 11) is 0.0374. The molecule has 0 saturated carbocycles. The zero-order valence-corrected chi connectivity index (χ0v) is 12.4. The van der Waals surface area contributed by atoms with Gasteiger partial charge in [0, 0.05) is 22.1 Å². The first-order valence-corrected chi connectivity index (χ1v) is 7.84. The van der Waals surface area contributed by atoms with Crippen molar-refractivity contribution >= 4 is 16.6 Å². The fourth-order valence-electron chi connectivity index (χ4n) is 1.88. The molecule has 1 unspecified atom stereocenters. The van der Waals surface area contributed by atoms with Gasteiger partial charge in [-0.2, -0.15) is 0 Å². The molecule has 0 spiro atoms. The Morgan fingerprint density at radius 2 is 1.90 bits per heavy atom. The first kappa shape index (κ1) is 15.4. The Labute approximate surface area is 125 Å². The first-order valence-electron chi connectivity index (χ1n) is 6.36. The Morgan fingerprint density at radius 1 is 1.19 bits per heavy atom. The number of Topliss-reactive ketones (excluding diaryl/α,β-unsaturated/α-hetero) is 1. The number of ether oxygens (including phenoxy) is 1. The van der Waals surface area contributed by atoms with Gasteiger partial charge < -0.3 is 4.74 Å². The molecular weight excluding hydrogens is 291 g/mol. The standard InChI is InChI=1S/C16H15FO3S/c1-20-16-8-7-13(9-14(16)17)15(18)11-21(19)10-12-5-3-2-4-6-12/h2-9H,10-11H2,1H3. The van der Waals surface area contributed by atoms with Crippen molar-refractivity contribution in [1.29, 1.82) is 0 Å². The summed E-state index contributed by atoms with van der Waals surface area (Å²) in [5.41, 5.74) is 1.11. The number of methoxy groups -OCH3 is 1. The van der Waals surface area contributed by atoms with Gasteiger partial charge in [0.05, 0.1) is 12.9 Å². The number of hydrogen-bond acceptors (Lipinski definition) is 3. The molecule has 21 heavy (non-hydrogen) atoms. The summed E-state index contributed by atoms with van der Waals surface area (Å²) in [4.78, 5) is 12.0. The molecule has 0 amide bonds. The van der Waals surface area contributed by atoms with E-state index in [0.29, 0.717) is 5.75 Å². The van der Waals surface area contributed by atoms with Crippen molar-refractivity contribution in [3.05, 3.63) is 65.5 Å². The van der Waals surface area contributed by atoms with Gasteiger partial charge in [-0.05, 0) is 23.8 Å². The zero-order chi connectivity index (χ0) is 15.2. The Bertz CT molecular complexity index is 656. The van der Waals surface area contributed by atoms with Crippen molar-refractivity contribution in [2.75, 3.05) is 12.9 Å². The molecule has 3 nitrogen and oxygen atoms in total. The molecule has 0 aromatic heterocycles. The van der Waals surface area contributed by atoms with Crippen molar-refractivity contribution in [2.45, 2.75) is 5.75 Å². The molecule has 2 aromatic rings. The van der Waals surface area contributed by atoms with E-state index in [-0.39, 0.29) is 22.8 Å². The molecule has 5 heteroatoms. The summed E-state index contributed by atoms with van der Waals surface area (Å²) in [5, 5.41) is 0. The highest BCUT2D eigenvalue weighted by molar-refractivity contribution is 7.85. The van der Waals surface area contributed by atoms with E-state index in [4.69, 9.17) is 4.74 Å². The second-order valence-electron chi connectivity index (χ2n) is 4.49. The van der Waals surface area contributed by atoms with Crippen LogP contribution in [0.5, 0.6) is 5.75 Å². The zero-order valence-electron chi connectivity index (χ0n) is 11.5. The lowest BCUT2D eigenvalue weighted by molar-refractivity contribution is 0.102. The third-order valence-electron chi connectivity index (χ3n) is 2.94. The molecule has 0 heterocycles. The van der Waals surface area contributed by atoms with Crippen LogP contribution >= 0.6 is 0 Å². The van der Waals surface area contributed by atoms with Crippen LogP contribution in [0.4, 0.5) is 4.39 Å². The van der Waals surface area contributed by atoms with Gasteiger partial charge in [-0.25, -0.2) is 4.39 Å². The Kier molecular flexibility index (Phi) is 5.22.